The van der Waals surface area contributed by atoms with Gasteiger partial charge in [-0.3, -0.25) is 4.99 Å². The Hall–Kier alpha value is -2.38. The molecule has 1 aliphatic heterocycles. The van der Waals surface area contributed by atoms with E-state index in [1.807, 2.05) is 31.3 Å². The summed E-state index contributed by atoms with van der Waals surface area (Å²) < 4.78 is 4.22. The number of amidine groups is 1. The van der Waals surface area contributed by atoms with Gasteiger partial charge >= 0.3 is 0 Å². The monoisotopic (exact) mass is 339 g/mol. The lowest BCUT2D eigenvalue weighted by Gasteiger charge is -2.13. The summed E-state index contributed by atoms with van der Waals surface area (Å²) in [7, 11) is 1.87. The number of hydrogen-bond acceptors (Lipinski definition) is 7. The van der Waals surface area contributed by atoms with Crippen LogP contribution in [0.15, 0.2) is 58.1 Å². The minimum Gasteiger partial charge on any atom is -0.374 e. The van der Waals surface area contributed by atoms with Crippen LogP contribution in [0.5, 0.6) is 0 Å². The van der Waals surface area contributed by atoms with Crippen molar-refractivity contribution in [2.75, 3.05) is 7.05 Å². The van der Waals surface area contributed by atoms with Gasteiger partial charge in [0, 0.05) is 29.9 Å². The smallest absolute Gasteiger partial charge is 0.163 e. The topological polar surface area (TPSA) is 62.5 Å². The summed E-state index contributed by atoms with van der Waals surface area (Å²) in [6.07, 6.45) is 3.55. The van der Waals surface area contributed by atoms with Gasteiger partial charge in [0.05, 0.1) is 10.6 Å². The summed E-state index contributed by atoms with van der Waals surface area (Å²) in [6.45, 7) is 0. The molecule has 0 amide bonds. The number of nitrogens with one attached hydrogen (secondary N) is 1. The number of fused-ring (bicyclic) bond motifs is 1. The summed E-state index contributed by atoms with van der Waals surface area (Å²) in [5.41, 5.74) is 1.83. The summed E-state index contributed by atoms with van der Waals surface area (Å²) >= 11 is 3.11. The molecular formula is C16H13N5S2. The van der Waals surface area contributed by atoms with Crippen molar-refractivity contribution in [1.82, 2.24) is 14.7 Å². The van der Waals surface area contributed by atoms with Crippen LogP contribution in [0.4, 0.5) is 5.82 Å². The molecule has 0 spiro atoms. The number of thiophene rings is 1. The van der Waals surface area contributed by atoms with Crippen molar-refractivity contribution < 1.29 is 0 Å². The van der Waals surface area contributed by atoms with Crippen molar-refractivity contribution in [2.45, 2.75) is 6.04 Å². The van der Waals surface area contributed by atoms with Gasteiger partial charge < -0.3 is 5.32 Å². The van der Waals surface area contributed by atoms with Gasteiger partial charge in [-0.15, -0.1) is 11.3 Å². The Bertz CT molecular complexity index is 866. The first-order valence-corrected chi connectivity index (χ1v) is 8.76. The molecular weight excluding hydrogens is 326 g/mol. The number of rotatable bonds is 2. The van der Waals surface area contributed by atoms with E-state index >= 15 is 0 Å². The molecule has 0 aromatic carbocycles. The molecule has 4 rings (SSSR count). The van der Waals surface area contributed by atoms with E-state index in [2.05, 4.69) is 26.1 Å². The van der Waals surface area contributed by atoms with Gasteiger partial charge in [0.2, 0.25) is 0 Å². The Morgan fingerprint density at radius 1 is 1.13 bits per heavy atom. The molecule has 1 N–H and O–H groups in total. The third-order valence-corrected chi connectivity index (χ3v) is 5.20. The van der Waals surface area contributed by atoms with Crippen molar-refractivity contribution in [3.05, 3.63) is 63.4 Å². The molecule has 0 saturated carbocycles. The van der Waals surface area contributed by atoms with Crippen molar-refractivity contribution in [3.8, 4) is 0 Å². The number of pyridine rings is 1. The fourth-order valence-corrected chi connectivity index (χ4v) is 3.85. The predicted molar refractivity (Wildman–Crippen MR) is 95.2 cm³/mol. The van der Waals surface area contributed by atoms with Gasteiger partial charge in [0.25, 0.3) is 0 Å². The Morgan fingerprint density at radius 3 is 2.83 bits per heavy atom. The quantitative estimate of drug-likeness (QED) is 0.778. The van der Waals surface area contributed by atoms with Gasteiger partial charge in [-0.05, 0) is 41.2 Å². The highest BCUT2D eigenvalue weighted by atomic mass is 32.1. The van der Waals surface area contributed by atoms with E-state index in [1.165, 1.54) is 11.5 Å². The summed E-state index contributed by atoms with van der Waals surface area (Å²) in [5, 5.41) is 5.24. The first-order chi connectivity index (χ1) is 11.4. The third-order valence-electron chi connectivity index (χ3n) is 3.53. The highest BCUT2D eigenvalue weighted by Gasteiger charge is 2.25. The second kappa shape index (κ2) is 6.02. The van der Waals surface area contributed by atoms with Crippen LogP contribution in [-0.2, 0) is 0 Å². The molecule has 1 unspecified atom stereocenters. The average molecular weight is 339 g/mol. The zero-order valence-electron chi connectivity index (χ0n) is 12.3. The number of hydrogen-bond donors (Lipinski definition) is 1. The van der Waals surface area contributed by atoms with Gasteiger partial charge in [-0.2, -0.15) is 0 Å². The van der Waals surface area contributed by atoms with Crippen LogP contribution in [0.25, 0.3) is 0 Å². The second-order valence-corrected chi connectivity index (χ2v) is 6.71. The molecule has 5 nitrogen and oxygen atoms in total. The van der Waals surface area contributed by atoms with Gasteiger partial charge in [-0.1, -0.05) is 6.07 Å². The largest absolute Gasteiger partial charge is 0.374 e. The van der Waals surface area contributed by atoms with E-state index in [9.17, 15) is 0 Å². The molecule has 3 aromatic rings. The fraction of sp³-hybridized carbons (Fsp3) is 0.125. The van der Waals surface area contributed by atoms with E-state index in [0.29, 0.717) is 5.82 Å². The van der Waals surface area contributed by atoms with Crippen molar-refractivity contribution in [1.29, 1.82) is 0 Å². The molecule has 1 atom stereocenters. The number of aliphatic imine (C=N–C) groups is 2. The molecule has 0 saturated heterocycles. The summed E-state index contributed by atoms with van der Waals surface area (Å²) in [6, 6.07) is 9.86. The van der Waals surface area contributed by atoms with Gasteiger partial charge in [0.15, 0.2) is 5.82 Å². The number of likely N-dealkylation sites (N-methyl/N-ethyl adjacent to an activating group) is 1. The van der Waals surface area contributed by atoms with Gasteiger partial charge in [-0.25, -0.2) is 14.3 Å². The highest BCUT2D eigenvalue weighted by molar-refractivity contribution is 7.10. The third kappa shape index (κ3) is 2.58. The number of nitrogens with zero attached hydrogens (tertiary/aromatic N) is 4. The minimum absolute atomic E-state index is 0.161. The van der Waals surface area contributed by atoms with Crippen LogP contribution in [0.3, 0.4) is 0 Å². The van der Waals surface area contributed by atoms with Crippen LogP contribution in [0.2, 0.25) is 0 Å². The van der Waals surface area contributed by atoms with Gasteiger partial charge in [0.1, 0.15) is 11.9 Å². The lowest BCUT2D eigenvalue weighted by Crippen LogP contribution is -2.24. The lowest BCUT2D eigenvalue weighted by atomic mass is 10.1. The van der Waals surface area contributed by atoms with Crippen LogP contribution in [0, 0.1) is 0 Å². The van der Waals surface area contributed by atoms with Crippen LogP contribution < -0.4 is 5.32 Å². The zero-order chi connectivity index (χ0) is 15.6. The Kier molecular flexibility index (Phi) is 3.72. The van der Waals surface area contributed by atoms with E-state index in [1.54, 1.807) is 23.7 Å². The zero-order valence-corrected chi connectivity index (χ0v) is 13.9. The normalized spacial score (nSPS) is 17.0. The van der Waals surface area contributed by atoms with E-state index < -0.39 is 0 Å². The van der Waals surface area contributed by atoms with E-state index in [0.717, 1.165) is 26.9 Å². The molecule has 4 heterocycles. The second-order valence-electron chi connectivity index (χ2n) is 4.89. The molecule has 0 fully saturated rings. The standard InChI is InChI=1S/C16H13N5S2/c1-17-16-14(11-5-3-9-22-11)20-13(12-6-8-19-23-12)10-4-2-7-18-15(10)21-16/h2-9,14H,1H3,(H,17,18,21). The predicted octanol–water partition coefficient (Wildman–Crippen LogP) is 3.44. The molecule has 7 heteroatoms. The van der Waals surface area contributed by atoms with Crippen LogP contribution in [0.1, 0.15) is 21.4 Å². The SMILES string of the molecule is CNC1=Nc2ncccc2C(c2ccns2)=NC1c1cccs1. The fourth-order valence-electron chi connectivity index (χ4n) is 2.48. The van der Waals surface area contributed by atoms with Crippen LogP contribution in [-0.4, -0.2) is 28.0 Å². The lowest BCUT2D eigenvalue weighted by molar-refractivity contribution is 0.928. The average Bonchev–Trinajstić information content (AvgIpc) is 3.26. The Morgan fingerprint density at radius 2 is 2.09 bits per heavy atom. The maximum absolute atomic E-state index is 5.02. The first-order valence-electron chi connectivity index (χ1n) is 7.11. The van der Waals surface area contributed by atoms with Crippen molar-refractivity contribution >= 4 is 40.2 Å². The molecule has 0 aliphatic carbocycles. The van der Waals surface area contributed by atoms with Crippen molar-refractivity contribution in [3.63, 3.8) is 0 Å². The molecule has 114 valence electrons. The maximum atomic E-state index is 5.02. The molecule has 1 aliphatic rings. The minimum atomic E-state index is -0.161. The molecule has 0 bridgehead atoms. The van der Waals surface area contributed by atoms with E-state index in [-0.39, 0.29) is 6.04 Å². The Labute approximate surface area is 141 Å². The van der Waals surface area contributed by atoms with Crippen molar-refractivity contribution in [2.24, 2.45) is 9.98 Å². The number of aromatic nitrogens is 2. The molecule has 3 aromatic heterocycles. The highest BCUT2D eigenvalue weighted by Crippen LogP contribution is 2.32. The molecule has 0 radical (unpaired) electrons. The Balaban J connectivity index is 1.96. The summed E-state index contributed by atoms with van der Waals surface area (Å²) in [4.78, 5) is 16.3. The first kappa shape index (κ1) is 14.2. The van der Waals surface area contributed by atoms with Crippen LogP contribution >= 0.6 is 22.9 Å². The molecule has 23 heavy (non-hydrogen) atoms. The maximum Gasteiger partial charge on any atom is 0.163 e. The summed E-state index contributed by atoms with van der Waals surface area (Å²) in [5.74, 6) is 1.48. The van der Waals surface area contributed by atoms with E-state index in [4.69, 9.17) is 9.98 Å².